The molecule has 2 aromatic heterocycles. The van der Waals surface area contributed by atoms with E-state index in [0.717, 1.165) is 17.4 Å². The predicted octanol–water partition coefficient (Wildman–Crippen LogP) is 2.86. The Morgan fingerprint density at radius 1 is 1.38 bits per heavy atom. The number of carbonyl (C=O) groups is 1. The first-order valence-corrected chi connectivity index (χ1v) is 5.43. The molecule has 0 amide bonds. The zero-order valence-corrected chi connectivity index (χ0v) is 10.1. The third-order valence-electron chi connectivity index (χ3n) is 2.45. The fraction of sp³-hybridized carbons (Fsp3) is 0.364. The number of nitrogens with one attached hydrogen (secondary N) is 1. The SMILES string of the molecule is Cc1nc(C(C)C)c2c(C=O)c(Cl)[nH]c2n1. The molecule has 2 heterocycles. The van der Waals surface area contributed by atoms with Crippen LogP contribution in [0.25, 0.3) is 11.0 Å². The molecule has 5 heteroatoms. The van der Waals surface area contributed by atoms with E-state index in [1.54, 1.807) is 0 Å². The van der Waals surface area contributed by atoms with E-state index in [9.17, 15) is 4.79 Å². The normalized spacial score (nSPS) is 11.3. The number of hydrogen-bond acceptors (Lipinski definition) is 3. The van der Waals surface area contributed by atoms with Gasteiger partial charge in [0.2, 0.25) is 0 Å². The summed E-state index contributed by atoms with van der Waals surface area (Å²) in [7, 11) is 0. The lowest BCUT2D eigenvalue weighted by Gasteiger charge is -2.07. The minimum atomic E-state index is 0.217. The molecule has 0 aliphatic carbocycles. The molecule has 0 aromatic carbocycles. The van der Waals surface area contributed by atoms with Crippen molar-refractivity contribution < 1.29 is 4.79 Å². The lowest BCUT2D eigenvalue weighted by atomic mass is 10.0. The van der Waals surface area contributed by atoms with E-state index in [1.807, 2.05) is 20.8 Å². The minimum absolute atomic E-state index is 0.217. The molecule has 0 fully saturated rings. The number of aldehydes is 1. The van der Waals surface area contributed by atoms with Crippen molar-refractivity contribution in [3.05, 3.63) is 22.2 Å². The molecule has 2 aromatic rings. The average Bonchev–Trinajstić information content (AvgIpc) is 2.51. The summed E-state index contributed by atoms with van der Waals surface area (Å²) in [6.07, 6.45) is 0.742. The molecule has 4 nitrogen and oxygen atoms in total. The monoisotopic (exact) mass is 237 g/mol. The van der Waals surface area contributed by atoms with Crippen LogP contribution in [-0.4, -0.2) is 21.2 Å². The first kappa shape index (κ1) is 11.1. The number of aryl methyl sites for hydroxylation is 1. The predicted molar refractivity (Wildman–Crippen MR) is 63.1 cm³/mol. The summed E-state index contributed by atoms with van der Waals surface area (Å²) >= 11 is 5.94. The number of halogens is 1. The Morgan fingerprint density at radius 3 is 2.62 bits per heavy atom. The van der Waals surface area contributed by atoms with E-state index < -0.39 is 0 Å². The molecular formula is C11H12ClN3O. The number of fused-ring (bicyclic) bond motifs is 1. The van der Waals surface area contributed by atoms with E-state index in [4.69, 9.17) is 11.6 Å². The highest BCUT2D eigenvalue weighted by Gasteiger charge is 2.17. The summed E-state index contributed by atoms with van der Waals surface area (Å²) in [5.41, 5.74) is 1.93. The summed E-state index contributed by atoms with van der Waals surface area (Å²) in [4.78, 5) is 22.5. The Kier molecular flexibility index (Phi) is 2.68. The van der Waals surface area contributed by atoms with E-state index in [1.165, 1.54) is 0 Å². The smallest absolute Gasteiger partial charge is 0.153 e. The van der Waals surface area contributed by atoms with Crippen LogP contribution in [-0.2, 0) is 0 Å². The van der Waals surface area contributed by atoms with Gasteiger partial charge in [0.05, 0.1) is 16.6 Å². The molecule has 16 heavy (non-hydrogen) atoms. The molecule has 2 rings (SSSR count). The molecule has 0 aliphatic rings. The Balaban J connectivity index is 2.91. The lowest BCUT2D eigenvalue weighted by molar-refractivity contribution is 0.112. The summed E-state index contributed by atoms with van der Waals surface area (Å²) < 4.78 is 0. The Hall–Kier alpha value is -1.42. The Bertz CT molecular complexity index is 560. The topological polar surface area (TPSA) is 58.6 Å². The zero-order valence-electron chi connectivity index (χ0n) is 9.34. The lowest BCUT2D eigenvalue weighted by Crippen LogP contribution is -1.99. The minimum Gasteiger partial charge on any atom is -0.330 e. The summed E-state index contributed by atoms with van der Waals surface area (Å²) in [5, 5.41) is 1.06. The molecule has 1 N–H and O–H groups in total. The molecule has 0 saturated carbocycles. The van der Waals surface area contributed by atoms with E-state index in [2.05, 4.69) is 15.0 Å². The number of carbonyl (C=O) groups excluding carboxylic acids is 1. The van der Waals surface area contributed by atoms with E-state index in [-0.39, 0.29) is 5.92 Å². The highest BCUT2D eigenvalue weighted by molar-refractivity contribution is 6.34. The van der Waals surface area contributed by atoms with Gasteiger partial charge in [-0.15, -0.1) is 0 Å². The molecule has 0 aliphatic heterocycles. The third-order valence-corrected chi connectivity index (χ3v) is 2.75. The second-order valence-corrected chi connectivity index (χ2v) is 4.38. The van der Waals surface area contributed by atoms with Crippen molar-refractivity contribution in [2.75, 3.05) is 0 Å². The van der Waals surface area contributed by atoms with Gasteiger partial charge in [-0.2, -0.15) is 0 Å². The van der Waals surface area contributed by atoms with Crippen molar-refractivity contribution in [1.82, 2.24) is 15.0 Å². The molecular weight excluding hydrogens is 226 g/mol. The molecule has 0 atom stereocenters. The van der Waals surface area contributed by atoms with Crippen molar-refractivity contribution in [3.63, 3.8) is 0 Å². The number of rotatable bonds is 2. The molecule has 0 unspecified atom stereocenters. The molecule has 84 valence electrons. The first-order valence-electron chi connectivity index (χ1n) is 5.05. The van der Waals surface area contributed by atoms with Crippen LogP contribution in [0.1, 0.15) is 41.6 Å². The number of nitrogens with zero attached hydrogens (tertiary/aromatic N) is 2. The van der Waals surface area contributed by atoms with Crippen LogP contribution in [0.4, 0.5) is 0 Å². The standard InChI is InChI=1S/C11H12ClN3O/c1-5(2)9-8-7(4-16)10(12)15-11(8)14-6(3)13-9/h4-5H,1-3H3,(H,13,14,15). The number of aromatic amines is 1. The van der Waals surface area contributed by atoms with Gasteiger partial charge in [-0.1, -0.05) is 25.4 Å². The van der Waals surface area contributed by atoms with Gasteiger partial charge in [0.15, 0.2) is 6.29 Å². The maximum atomic E-state index is 11.0. The van der Waals surface area contributed by atoms with Gasteiger partial charge in [-0.25, -0.2) is 9.97 Å². The molecule has 0 saturated heterocycles. The summed E-state index contributed by atoms with van der Waals surface area (Å²) in [6.45, 7) is 5.87. The second kappa shape index (κ2) is 3.87. The van der Waals surface area contributed by atoms with Crippen LogP contribution >= 0.6 is 11.6 Å². The van der Waals surface area contributed by atoms with Crippen LogP contribution < -0.4 is 0 Å². The van der Waals surface area contributed by atoms with Gasteiger partial charge >= 0.3 is 0 Å². The van der Waals surface area contributed by atoms with Crippen molar-refractivity contribution >= 4 is 28.9 Å². The quantitative estimate of drug-likeness (QED) is 0.817. The van der Waals surface area contributed by atoms with Gasteiger partial charge in [0.25, 0.3) is 0 Å². The maximum absolute atomic E-state index is 11.0. The first-order chi connectivity index (χ1) is 7.54. The van der Waals surface area contributed by atoms with Crippen LogP contribution in [0.5, 0.6) is 0 Å². The summed E-state index contributed by atoms with van der Waals surface area (Å²) in [6, 6.07) is 0. The molecule has 0 spiro atoms. The number of hydrogen-bond donors (Lipinski definition) is 1. The Morgan fingerprint density at radius 2 is 2.06 bits per heavy atom. The summed E-state index contributed by atoms with van der Waals surface area (Å²) in [5.74, 6) is 0.890. The van der Waals surface area contributed by atoms with Gasteiger partial charge < -0.3 is 4.98 Å². The van der Waals surface area contributed by atoms with Crippen LogP contribution in [0, 0.1) is 6.92 Å². The second-order valence-electron chi connectivity index (χ2n) is 4.00. The molecule has 0 radical (unpaired) electrons. The van der Waals surface area contributed by atoms with Gasteiger partial charge in [-0.3, -0.25) is 4.79 Å². The number of aromatic nitrogens is 3. The van der Waals surface area contributed by atoms with Gasteiger partial charge in [0, 0.05) is 0 Å². The van der Waals surface area contributed by atoms with Crippen LogP contribution in [0.15, 0.2) is 0 Å². The van der Waals surface area contributed by atoms with Crippen molar-refractivity contribution in [1.29, 1.82) is 0 Å². The highest BCUT2D eigenvalue weighted by atomic mass is 35.5. The average molecular weight is 238 g/mol. The fourth-order valence-electron chi connectivity index (χ4n) is 1.76. The van der Waals surface area contributed by atoms with Gasteiger partial charge in [-0.05, 0) is 12.8 Å². The van der Waals surface area contributed by atoms with Crippen LogP contribution in [0.3, 0.4) is 0 Å². The maximum Gasteiger partial charge on any atom is 0.153 e. The third kappa shape index (κ3) is 1.59. The highest BCUT2D eigenvalue weighted by Crippen LogP contribution is 2.29. The van der Waals surface area contributed by atoms with Crippen molar-refractivity contribution in [3.8, 4) is 0 Å². The largest absolute Gasteiger partial charge is 0.330 e. The molecule has 0 bridgehead atoms. The van der Waals surface area contributed by atoms with Crippen molar-refractivity contribution in [2.45, 2.75) is 26.7 Å². The van der Waals surface area contributed by atoms with Crippen molar-refractivity contribution in [2.24, 2.45) is 0 Å². The Labute approximate surface area is 98.1 Å². The van der Waals surface area contributed by atoms with Crippen LogP contribution in [0.2, 0.25) is 5.15 Å². The zero-order chi connectivity index (χ0) is 11.9. The van der Waals surface area contributed by atoms with E-state index >= 15 is 0 Å². The number of H-pyrrole nitrogens is 1. The van der Waals surface area contributed by atoms with Gasteiger partial charge in [0.1, 0.15) is 16.6 Å². The van der Waals surface area contributed by atoms with E-state index in [0.29, 0.717) is 22.2 Å². The fourth-order valence-corrected chi connectivity index (χ4v) is 1.99.